The summed E-state index contributed by atoms with van der Waals surface area (Å²) in [5.41, 5.74) is -0.944. The molecule has 1 radical (unpaired) electrons. The second-order valence-corrected chi connectivity index (χ2v) is 9.32. The highest BCUT2D eigenvalue weighted by Crippen LogP contribution is 2.52. The van der Waals surface area contributed by atoms with E-state index in [-0.39, 0.29) is 22.0 Å². The number of rotatable bonds is 1. The Morgan fingerprint density at radius 1 is 1.05 bits per heavy atom. The van der Waals surface area contributed by atoms with Gasteiger partial charge in [-0.05, 0) is 39.5 Å². The zero-order chi connectivity index (χ0) is 15.6. The van der Waals surface area contributed by atoms with Crippen LogP contribution in [0.4, 0.5) is 0 Å². The second kappa shape index (κ2) is 4.72. The predicted molar refractivity (Wildman–Crippen MR) is 87.8 cm³/mol. The van der Waals surface area contributed by atoms with Crippen molar-refractivity contribution in [2.75, 3.05) is 0 Å². The van der Waals surface area contributed by atoms with Crippen molar-refractivity contribution in [3.8, 4) is 0 Å². The first-order chi connectivity index (χ1) is 8.85. The minimum absolute atomic E-state index is 0.0472. The molecule has 0 saturated carbocycles. The molecule has 2 aliphatic heterocycles. The van der Waals surface area contributed by atoms with Gasteiger partial charge in [0.05, 0.1) is 16.8 Å². The summed E-state index contributed by atoms with van der Waals surface area (Å²) >= 11 is 0. The normalized spacial score (nSPS) is 44.8. The van der Waals surface area contributed by atoms with Gasteiger partial charge in [-0.25, -0.2) is 0 Å². The highest BCUT2D eigenvalue weighted by atomic mass is 31.0. The lowest BCUT2D eigenvalue weighted by Crippen LogP contribution is -2.61. The van der Waals surface area contributed by atoms with Gasteiger partial charge in [0.1, 0.15) is 0 Å². The third kappa shape index (κ3) is 2.20. The van der Waals surface area contributed by atoms with Crippen LogP contribution < -0.4 is 0 Å². The van der Waals surface area contributed by atoms with Crippen LogP contribution in [0.3, 0.4) is 0 Å². The fraction of sp³-hybridized carbons (Fsp3) is 1.00. The summed E-state index contributed by atoms with van der Waals surface area (Å²) in [5, 5.41) is -0.0472. The Hall–Kier alpha value is 0.440. The highest BCUT2D eigenvalue weighted by Gasteiger charge is 2.62. The lowest BCUT2D eigenvalue weighted by molar-refractivity contribution is -0.108. The van der Waals surface area contributed by atoms with Gasteiger partial charge in [-0.2, -0.15) is 0 Å². The zero-order valence-electron chi connectivity index (χ0n) is 14.1. The van der Waals surface area contributed by atoms with Crippen molar-refractivity contribution in [3.63, 3.8) is 0 Å². The molecule has 0 amide bonds. The average Bonchev–Trinajstić information content (AvgIpc) is 2.54. The maximum absolute atomic E-state index is 6.19. The van der Waals surface area contributed by atoms with Gasteiger partial charge in [0.15, 0.2) is 0 Å². The van der Waals surface area contributed by atoms with Gasteiger partial charge in [0.25, 0.3) is 0 Å². The molecule has 0 spiro atoms. The third-order valence-electron chi connectivity index (χ3n) is 6.16. The van der Waals surface area contributed by atoms with Gasteiger partial charge in [0, 0.05) is 5.16 Å². The summed E-state index contributed by atoms with van der Waals surface area (Å²) < 4.78 is 18.4. The Labute approximate surface area is 127 Å². The Balaban J connectivity index is 2.46. The van der Waals surface area contributed by atoms with E-state index in [1.54, 1.807) is 7.37 Å². The molecule has 2 fully saturated rings. The molecule has 2 aliphatic rings. The van der Waals surface area contributed by atoms with Crippen LogP contribution in [0.25, 0.3) is 0 Å². The van der Waals surface area contributed by atoms with E-state index in [1.807, 2.05) is 0 Å². The second-order valence-electron chi connectivity index (χ2n) is 7.88. The molecule has 20 heavy (non-hydrogen) atoms. The van der Waals surface area contributed by atoms with Crippen molar-refractivity contribution in [2.45, 2.75) is 77.3 Å². The van der Waals surface area contributed by atoms with E-state index < -0.39 is 7.01 Å². The van der Waals surface area contributed by atoms with E-state index in [4.69, 9.17) is 14.0 Å². The smallest absolute Gasteiger partial charge is 0.437 e. The van der Waals surface area contributed by atoms with Gasteiger partial charge in [-0.1, -0.05) is 27.7 Å². The van der Waals surface area contributed by atoms with Crippen molar-refractivity contribution in [1.29, 1.82) is 0 Å². The number of hydrogen-bond donors (Lipinski definition) is 0. The Morgan fingerprint density at radius 2 is 1.60 bits per heavy atom. The van der Waals surface area contributed by atoms with Crippen molar-refractivity contribution < 1.29 is 14.0 Å². The molecule has 6 heteroatoms. The Bertz CT molecular complexity index is 396. The van der Waals surface area contributed by atoms with Gasteiger partial charge in [-0.15, -0.1) is 9.24 Å². The number of hydrogen-bond acceptors (Lipinski definition) is 3. The van der Waals surface area contributed by atoms with Crippen LogP contribution in [-0.2, 0) is 14.0 Å². The standard InChI is InChI=1S/C14H28B2O3P/c1-9-10(2)14(8,12(5,6)20)17-15-16-18-11(3,4)13(9,7)19-16/h9-10H,20H2,1-8H3/t9?,10-,13?,14?/m0/s1. The molecule has 0 aromatic rings. The van der Waals surface area contributed by atoms with Gasteiger partial charge in [0.2, 0.25) is 0 Å². The fourth-order valence-corrected chi connectivity index (χ4v) is 3.85. The maximum atomic E-state index is 6.19. The minimum Gasteiger partial charge on any atom is -0.437 e. The topological polar surface area (TPSA) is 27.7 Å². The first-order valence-electron chi connectivity index (χ1n) is 7.51. The van der Waals surface area contributed by atoms with E-state index in [9.17, 15) is 0 Å². The van der Waals surface area contributed by atoms with Gasteiger partial charge in [-0.3, -0.25) is 0 Å². The Morgan fingerprint density at radius 3 is 2.10 bits per heavy atom. The Kier molecular flexibility index (Phi) is 3.96. The molecule has 113 valence electrons. The monoisotopic (exact) mass is 297 g/mol. The van der Waals surface area contributed by atoms with Crippen LogP contribution in [-0.4, -0.2) is 36.3 Å². The van der Waals surface area contributed by atoms with Crippen LogP contribution in [0.2, 0.25) is 0 Å². The van der Waals surface area contributed by atoms with E-state index in [2.05, 4.69) is 64.6 Å². The molecule has 2 saturated heterocycles. The minimum atomic E-state index is -0.392. The zero-order valence-corrected chi connectivity index (χ0v) is 15.3. The summed E-state index contributed by atoms with van der Waals surface area (Å²) in [6.45, 7) is 17.5. The fourth-order valence-electron chi connectivity index (χ4n) is 3.52. The molecule has 2 bridgehead atoms. The van der Waals surface area contributed by atoms with Crippen LogP contribution in [0.1, 0.15) is 55.4 Å². The van der Waals surface area contributed by atoms with Crippen molar-refractivity contribution in [1.82, 2.24) is 0 Å². The summed E-state index contributed by atoms with van der Waals surface area (Å²) in [4.78, 5) is 0. The van der Waals surface area contributed by atoms with Crippen LogP contribution in [0, 0.1) is 11.8 Å². The summed E-state index contributed by atoms with van der Waals surface area (Å²) in [6, 6.07) is 0. The summed E-state index contributed by atoms with van der Waals surface area (Å²) in [6.07, 6.45) is 0. The molecule has 0 aromatic carbocycles. The molecule has 0 aliphatic carbocycles. The third-order valence-corrected chi connectivity index (χ3v) is 6.73. The van der Waals surface area contributed by atoms with Crippen molar-refractivity contribution in [3.05, 3.63) is 0 Å². The molecular weight excluding hydrogens is 269 g/mol. The van der Waals surface area contributed by atoms with E-state index in [0.29, 0.717) is 11.8 Å². The molecule has 0 aromatic heterocycles. The first-order valence-corrected chi connectivity index (χ1v) is 8.08. The lowest BCUT2D eigenvalue weighted by atomic mass is 9.54. The molecule has 2 rings (SSSR count). The summed E-state index contributed by atoms with van der Waals surface area (Å²) in [7, 11) is 4.28. The maximum Gasteiger partial charge on any atom is 0.439 e. The SMILES string of the molecule is CC1[C@H](C)C(C)(C(C)(C)P)O[B]B2OC(C)(C)C1(C)O2. The van der Waals surface area contributed by atoms with Crippen LogP contribution in [0.15, 0.2) is 0 Å². The molecule has 4 unspecified atom stereocenters. The largest absolute Gasteiger partial charge is 0.439 e. The summed E-state index contributed by atoms with van der Waals surface area (Å²) in [5.74, 6) is 0.624. The van der Waals surface area contributed by atoms with Crippen LogP contribution in [0.5, 0.6) is 0 Å². The molecule has 3 nitrogen and oxygen atoms in total. The molecule has 0 N–H and O–H groups in total. The van der Waals surface area contributed by atoms with E-state index in [0.717, 1.165) is 0 Å². The lowest BCUT2D eigenvalue weighted by Gasteiger charge is -2.53. The quantitative estimate of drug-likeness (QED) is 0.550. The first kappa shape index (κ1) is 16.8. The molecule has 2 heterocycles. The highest BCUT2D eigenvalue weighted by molar-refractivity contribution is 7.19. The average molecular weight is 297 g/mol. The van der Waals surface area contributed by atoms with E-state index >= 15 is 0 Å². The van der Waals surface area contributed by atoms with Crippen molar-refractivity contribution >= 4 is 23.6 Å². The van der Waals surface area contributed by atoms with Crippen LogP contribution >= 0.6 is 9.24 Å². The molecular formula is C14H28B2O3P. The van der Waals surface area contributed by atoms with Gasteiger partial charge >= 0.3 is 14.4 Å². The molecule has 5 atom stereocenters. The predicted octanol–water partition coefficient (Wildman–Crippen LogP) is 2.89. The van der Waals surface area contributed by atoms with Crippen molar-refractivity contribution in [2.24, 2.45) is 11.8 Å². The van der Waals surface area contributed by atoms with E-state index in [1.165, 1.54) is 0 Å². The number of fused-ring (bicyclic) bond motifs is 2. The van der Waals surface area contributed by atoms with Gasteiger partial charge < -0.3 is 14.0 Å².